The zero-order chi connectivity index (χ0) is 13.9. The second kappa shape index (κ2) is 5.31. The van der Waals surface area contributed by atoms with Crippen LogP contribution in [0.2, 0.25) is 0 Å². The van der Waals surface area contributed by atoms with Gasteiger partial charge in [-0.1, -0.05) is 39.5 Å². The van der Waals surface area contributed by atoms with Gasteiger partial charge < -0.3 is 5.32 Å². The fourth-order valence-electron chi connectivity index (χ4n) is 1.86. The number of nitrogens with one attached hydrogen (secondary N) is 1. The Balaban J connectivity index is 1.98. The third kappa shape index (κ3) is 3.47. The van der Waals surface area contributed by atoms with E-state index in [2.05, 4.69) is 62.0 Å². The molecule has 19 heavy (non-hydrogen) atoms. The average molecular weight is 255 g/mol. The number of hydrogen-bond acceptors (Lipinski definition) is 2. The first kappa shape index (κ1) is 13.4. The van der Waals surface area contributed by atoms with Gasteiger partial charge in [0.1, 0.15) is 0 Å². The fraction of sp³-hybridized carbons (Fsp3) is 0.312. The van der Waals surface area contributed by atoms with Gasteiger partial charge in [-0.3, -0.25) is 0 Å². The normalized spacial score (nSPS) is 11.3. The monoisotopic (exact) mass is 255 g/mol. The summed E-state index contributed by atoms with van der Waals surface area (Å²) >= 11 is 0. The van der Waals surface area contributed by atoms with Gasteiger partial charge in [0.25, 0.3) is 0 Å². The Labute approximate surface area is 115 Å². The van der Waals surface area contributed by atoms with Crippen LogP contribution in [-0.4, -0.2) is 9.78 Å². The summed E-state index contributed by atoms with van der Waals surface area (Å²) in [6.45, 7) is 11.1. The van der Waals surface area contributed by atoms with E-state index in [-0.39, 0.29) is 5.41 Å². The summed E-state index contributed by atoms with van der Waals surface area (Å²) in [6, 6.07) is 8.60. The van der Waals surface area contributed by atoms with Gasteiger partial charge in [-0.05, 0) is 23.1 Å². The highest BCUT2D eigenvalue weighted by molar-refractivity contribution is 5.46. The maximum atomic E-state index is 4.15. The van der Waals surface area contributed by atoms with Crippen molar-refractivity contribution in [3.8, 4) is 0 Å². The van der Waals surface area contributed by atoms with Gasteiger partial charge >= 0.3 is 0 Å². The van der Waals surface area contributed by atoms with E-state index in [4.69, 9.17) is 0 Å². The van der Waals surface area contributed by atoms with Gasteiger partial charge in [0, 0.05) is 30.2 Å². The van der Waals surface area contributed by atoms with E-state index in [1.54, 1.807) is 10.9 Å². The van der Waals surface area contributed by atoms with E-state index in [1.165, 1.54) is 5.56 Å². The Morgan fingerprint density at radius 3 is 2.47 bits per heavy atom. The Bertz CT molecular complexity index is 544. The van der Waals surface area contributed by atoms with Gasteiger partial charge in [0.2, 0.25) is 0 Å². The lowest BCUT2D eigenvalue weighted by Crippen LogP contribution is -2.10. The van der Waals surface area contributed by atoms with Crippen LogP contribution >= 0.6 is 0 Å². The molecule has 100 valence electrons. The number of anilines is 1. The molecule has 2 aromatic rings. The zero-order valence-corrected chi connectivity index (χ0v) is 11.9. The lowest BCUT2D eigenvalue weighted by Gasteiger charge is -2.19. The molecule has 0 radical (unpaired) electrons. The third-order valence-electron chi connectivity index (χ3n) is 3.09. The summed E-state index contributed by atoms with van der Waals surface area (Å²) in [5.41, 5.74) is 3.81. The second-order valence-electron chi connectivity index (χ2n) is 5.69. The maximum Gasteiger partial charge on any atom is 0.0543 e. The van der Waals surface area contributed by atoms with Crippen molar-refractivity contribution in [2.45, 2.75) is 32.7 Å². The molecule has 0 unspecified atom stereocenters. The van der Waals surface area contributed by atoms with Crippen molar-refractivity contribution in [1.82, 2.24) is 9.78 Å². The van der Waals surface area contributed by atoms with Crippen LogP contribution in [0.4, 0.5) is 5.69 Å². The predicted octanol–water partition coefficient (Wildman–Crippen LogP) is 3.89. The molecule has 0 amide bonds. The molecule has 2 rings (SSSR count). The molecule has 0 aliphatic carbocycles. The van der Waals surface area contributed by atoms with Gasteiger partial charge in [0.05, 0.1) is 6.20 Å². The number of aromatic nitrogens is 2. The summed E-state index contributed by atoms with van der Waals surface area (Å²) < 4.78 is 1.71. The number of rotatable bonds is 4. The van der Waals surface area contributed by atoms with E-state index in [0.29, 0.717) is 0 Å². The second-order valence-corrected chi connectivity index (χ2v) is 5.69. The predicted molar refractivity (Wildman–Crippen MR) is 81.1 cm³/mol. The number of nitrogens with zero attached hydrogens (tertiary/aromatic N) is 2. The molecule has 0 fully saturated rings. The molecule has 3 heteroatoms. The van der Waals surface area contributed by atoms with E-state index in [0.717, 1.165) is 17.8 Å². The Hall–Kier alpha value is -2.03. The van der Waals surface area contributed by atoms with Gasteiger partial charge in [-0.2, -0.15) is 5.10 Å². The minimum absolute atomic E-state index is 0.198. The van der Waals surface area contributed by atoms with Crippen molar-refractivity contribution in [2.24, 2.45) is 0 Å². The maximum absolute atomic E-state index is 4.15. The highest BCUT2D eigenvalue weighted by Crippen LogP contribution is 2.23. The molecule has 0 aliphatic heterocycles. The fourth-order valence-corrected chi connectivity index (χ4v) is 1.86. The first-order chi connectivity index (χ1) is 8.99. The van der Waals surface area contributed by atoms with Gasteiger partial charge in [0.15, 0.2) is 0 Å². The number of hydrogen-bond donors (Lipinski definition) is 1. The highest BCUT2D eigenvalue weighted by atomic mass is 15.2. The summed E-state index contributed by atoms with van der Waals surface area (Å²) in [5.74, 6) is 0. The molecule has 0 atom stereocenters. The molecular weight excluding hydrogens is 234 g/mol. The molecule has 1 heterocycles. The number of benzene rings is 1. The van der Waals surface area contributed by atoms with Crippen molar-refractivity contribution < 1.29 is 0 Å². The van der Waals surface area contributed by atoms with Crippen LogP contribution in [0.25, 0.3) is 6.20 Å². The largest absolute Gasteiger partial charge is 0.381 e. The average Bonchev–Trinajstić information content (AvgIpc) is 2.84. The van der Waals surface area contributed by atoms with Gasteiger partial charge in [-0.15, -0.1) is 0 Å². The lowest BCUT2D eigenvalue weighted by atomic mass is 9.87. The first-order valence-electron chi connectivity index (χ1n) is 6.49. The van der Waals surface area contributed by atoms with Crippen molar-refractivity contribution >= 4 is 11.9 Å². The van der Waals surface area contributed by atoms with E-state index in [1.807, 2.05) is 12.4 Å². The van der Waals surface area contributed by atoms with E-state index < -0.39 is 0 Å². The summed E-state index contributed by atoms with van der Waals surface area (Å²) in [4.78, 5) is 0. The molecule has 1 aromatic carbocycles. The Morgan fingerprint density at radius 1 is 1.26 bits per heavy atom. The molecular formula is C16H21N3. The standard InChI is InChI=1S/C16H21N3/c1-5-19-12-13(11-18-19)10-17-15-8-6-14(7-9-15)16(2,3)4/h5-9,11-12,17H,1,10H2,2-4H3. The summed E-state index contributed by atoms with van der Waals surface area (Å²) in [7, 11) is 0. The topological polar surface area (TPSA) is 29.9 Å². The van der Waals surface area contributed by atoms with E-state index in [9.17, 15) is 0 Å². The minimum atomic E-state index is 0.198. The van der Waals surface area contributed by atoms with Crippen molar-refractivity contribution in [2.75, 3.05) is 5.32 Å². The molecule has 0 aliphatic rings. The lowest BCUT2D eigenvalue weighted by molar-refractivity contribution is 0.590. The molecule has 3 nitrogen and oxygen atoms in total. The van der Waals surface area contributed by atoms with Crippen LogP contribution < -0.4 is 5.32 Å². The molecule has 0 saturated heterocycles. The Kier molecular flexibility index (Phi) is 3.74. The van der Waals surface area contributed by atoms with Crippen LogP contribution in [0, 0.1) is 0 Å². The smallest absolute Gasteiger partial charge is 0.0543 e. The third-order valence-corrected chi connectivity index (χ3v) is 3.09. The molecule has 0 bridgehead atoms. The highest BCUT2D eigenvalue weighted by Gasteiger charge is 2.12. The van der Waals surface area contributed by atoms with Crippen molar-refractivity contribution in [3.63, 3.8) is 0 Å². The van der Waals surface area contributed by atoms with Crippen LogP contribution in [0.1, 0.15) is 31.9 Å². The minimum Gasteiger partial charge on any atom is -0.381 e. The van der Waals surface area contributed by atoms with Crippen LogP contribution in [-0.2, 0) is 12.0 Å². The summed E-state index contributed by atoms with van der Waals surface area (Å²) in [6.07, 6.45) is 5.49. The van der Waals surface area contributed by atoms with Crippen molar-refractivity contribution in [3.05, 3.63) is 54.4 Å². The van der Waals surface area contributed by atoms with Crippen LogP contribution in [0.3, 0.4) is 0 Å². The van der Waals surface area contributed by atoms with Crippen LogP contribution in [0.15, 0.2) is 43.2 Å². The van der Waals surface area contributed by atoms with E-state index >= 15 is 0 Å². The first-order valence-corrected chi connectivity index (χ1v) is 6.49. The Morgan fingerprint density at radius 2 is 1.95 bits per heavy atom. The molecule has 1 N–H and O–H groups in total. The van der Waals surface area contributed by atoms with Crippen LogP contribution in [0.5, 0.6) is 0 Å². The molecule has 1 aromatic heterocycles. The summed E-state index contributed by atoms with van der Waals surface area (Å²) in [5, 5.41) is 7.54. The van der Waals surface area contributed by atoms with Crippen molar-refractivity contribution in [1.29, 1.82) is 0 Å². The molecule has 0 spiro atoms. The van der Waals surface area contributed by atoms with Gasteiger partial charge in [-0.25, -0.2) is 4.68 Å². The molecule has 0 saturated carbocycles. The SMILES string of the molecule is C=Cn1cc(CNc2ccc(C(C)(C)C)cc2)cn1. The quantitative estimate of drug-likeness (QED) is 0.898. The zero-order valence-electron chi connectivity index (χ0n) is 11.9.